The summed E-state index contributed by atoms with van der Waals surface area (Å²) >= 11 is 0. The van der Waals surface area contributed by atoms with Crippen molar-refractivity contribution < 1.29 is 14.7 Å². The molecule has 5 nitrogen and oxygen atoms in total. The Morgan fingerprint density at radius 1 is 1.47 bits per heavy atom. The van der Waals surface area contributed by atoms with Gasteiger partial charge in [0, 0.05) is 6.54 Å². The van der Waals surface area contributed by atoms with Gasteiger partial charge in [0.2, 0.25) is 0 Å². The highest BCUT2D eigenvalue weighted by Gasteiger charge is 2.32. The maximum Gasteiger partial charge on any atom is 0.326 e. The van der Waals surface area contributed by atoms with Crippen LogP contribution >= 0.6 is 0 Å². The Morgan fingerprint density at radius 2 is 2.12 bits per heavy atom. The monoisotopic (exact) mass is 242 g/mol. The van der Waals surface area contributed by atoms with E-state index in [1.807, 2.05) is 6.92 Å². The van der Waals surface area contributed by atoms with E-state index in [4.69, 9.17) is 5.11 Å². The molecule has 5 heteroatoms. The second-order valence-corrected chi connectivity index (χ2v) is 4.86. The van der Waals surface area contributed by atoms with Gasteiger partial charge >= 0.3 is 12.0 Å². The minimum Gasteiger partial charge on any atom is -0.480 e. The summed E-state index contributed by atoms with van der Waals surface area (Å²) in [5.74, 6) is 0.290. The van der Waals surface area contributed by atoms with Gasteiger partial charge in [-0.3, -0.25) is 0 Å². The molecule has 0 saturated heterocycles. The number of urea groups is 1. The number of carboxylic acid groups (broad SMARTS) is 1. The number of hydrogen-bond acceptors (Lipinski definition) is 2. The normalized spacial score (nSPS) is 23.9. The molecule has 17 heavy (non-hydrogen) atoms. The molecule has 0 spiro atoms. The summed E-state index contributed by atoms with van der Waals surface area (Å²) in [5, 5.41) is 14.2. The van der Waals surface area contributed by atoms with Crippen LogP contribution in [0.15, 0.2) is 0 Å². The molecule has 1 aliphatic rings. The third-order valence-corrected chi connectivity index (χ3v) is 3.25. The predicted molar refractivity (Wildman–Crippen MR) is 64.8 cm³/mol. The zero-order valence-electron chi connectivity index (χ0n) is 10.5. The Morgan fingerprint density at radius 3 is 2.59 bits per heavy atom. The Bertz CT molecular complexity index is 281. The smallest absolute Gasteiger partial charge is 0.326 e. The molecular weight excluding hydrogens is 220 g/mol. The molecule has 3 atom stereocenters. The molecule has 1 rings (SSSR count). The van der Waals surface area contributed by atoms with Crippen molar-refractivity contribution in [2.45, 2.75) is 45.6 Å². The first-order valence-corrected chi connectivity index (χ1v) is 6.31. The molecule has 1 aliphatic carbocycles. The minimum atomic E-state index is -0.964. The standard InChI is InChI=1S/C12H22N2O3/c1-3-4-5-10(11(15)16)14-12(17)13-7-9-6-8(9)2/h8-10H,3-7H2,1-2H3,(H,15,16)(H2,13,14,17)/t8?,9?,10-/m0/s1. The van der Waals surface area contributed by atoms with E-state index in [1.54, 1.807) is 0 Å². The molecule has 0 aromatic heterocycles. The fraction of sp³-hybridized carbons (Fsp3) is 0.833. The van der Waals surface area contributed by atoms with Gasteiger partial charge in [-0.1, -0.05) is 26.7 Å². The van der Waals surface area contributed by atoms with Crippen molar-refractivity contribution in [3.05, 3.63) is 0 Å². The van der Waals surface area contributed by atoms with Gasteiger partial charge < -0.3 is 15.7 Å². The van der Waals surface area contributed by atoms with Crippen LogP contribution in [0.25, 0.3) is 0 Å². The number of rotatable bonds is 7. The van der Waals surface area contributed by atoms with Crippen molar-refractivity contribution in [3.8, 4) is 0 Å². The molecule has 3 N–H and O–H groups in total. The van der Waals surface area contributed by atoms with Gasteiger partial charge in [0.15, 0.2) is 0 Å². The van der Waals surface area contributed by atoms with Crippen molar-refractivity contribution in [1.82, 2.24) is 10.6 Å². The third kappa shape index (κ3) is 5.06. The van der Waals surface area contributed by atoms with E-state index in [2.05, 4.69) is 17.6 Å². The van der Waals surface area contributed by atoms with Crippen LogP contribution < -0.4 is 10.6 Å². The minimum absolute atomic E-state index is 0.368. The molecule has 1 fully saturated rings. The van der Waals surface area contributed by atoms with Crippen LogP contribution in [0.4, 0.5) is 4.79 Å². The molecule has 0 heterocycles. The summed E-state index contributed by atoms with van der Waals surface area (Å²) in [5.41, 5.74) is 0. The molecule has 98 valence electrons. The fourth-order valence-electron chi connectivity index (χ4n) is 1.78. The van der Waals surface area contributed by atoms with Crippen molar-refractivity contribution in [2.24, 2.45) is 11.8 Å². The molecule has 1 saturated carbocycles. The van der Waals surface area contributed by atoms with Gasteiger partial charge in [-0.05, 0) is 24.7 Å². The van der Waals surface area contributed by atoms with Crippen LogP contribution in [-0.2, 0) is 4.79 Å². The number of unbranched alkanes of at least 4 members (excludes halogenated alkanes) is 1. The number of hydrogen-bond donors (Lipinski definition) is 3. The van der Waals surface area contributed by atoms with Gasteiger partial charge in [0.05, 0.1) is 0 Å². The Balaban J connectivity index is 2.22. The number of carboxylic acids is 1. The number of amides is 2. The average Bonchev–Trinajstić information content (AvgIpc) is 2.97. The van der Waals surface area contributed by atoms with Gasteiger partial charge in [0.1, 0.15) is 6.04 Å². The largest absolute Gasteiger partial charge is 0.480 e. The van der Waals surface area contributed by atoms with E-state index in [0.29, 0.717) is 24.8 Å². The van der Waals surface area contributed by atoms with E-state index in [0.717, 1.165) is 19.3 Å². The first-order chi connectivity index (χ1) is 8.04. The second-order valence-electron chi connectivity index (χ2n) is 4.86. The molecule has 0 aromatic rings. The zero-order valence-corrected chi connectivity index (χ0v) is 10.5. The fourth-order valence-corrected chi connectivity index (χ4v) is 1.78. The highest BCUT2D eigenvalue weighted by molar-refractivity contribution is 5.82. The van der Waals surface area contributed by atoms with Crippen LogP contribution in [-0.4, -0.2) is 29.7 Å². The highest BCUT2D eigenvalue weighted by atomic mass is 16.4. The summed E-state index contributed by atoms with van der Waals surface area (Å²) in [6, 6.07) is -1.14. The lowest BCUT2D eigenvalue weighted by molar-refractivity contribution is -0.139. The van der Waals surface area contributed by atoms with E-state index in [-0.39, 0.29) is 6.03 Å². The molecule has 0 bridgehead atoms. The van der Waals surface area contributed by atoms with Crippen LogP contribution in [0.1, 0.15) is 39.5 Å². The maximum atomic E-state index is 11.5. The van der Waals surface area contributed by atoms with Crippen LogP contribution in [0.2, 0.25) is 0 Å². The molecule has 0 radical (unpaired) electrons. The van der Waals surface area contributed by atoms with Crippen molar-refractivity contribution in [1.29, 1.82) is 0 Å². The van der Waals surface area contributed by atoms with Crippen LogP contribution in [0.3, 0.4) is 0 Å². The molecule has 2 amide bonds. The quantitative estimate of drug-likeness (QED) is 0.634. The summed E-state index contributed by atoms with van der Waals surface area (Å²) < 4.78 is 0. The lowest BCUT2D eigenvalue weighted by Crippen LogP contribution is -2.46. The van der Waals surface area contributed by atoms with Gasteiger partial charge in [0.25, 0.3) is 0 Å². The lowest BCUT2D eigenvalue weighted by atomic mass is 10.1. The Labute approximate surface area is 102 Å². The molecule has 0 aliphatic heterocycles. The average molecular weight is 242 g/mol. The molecule has 0 aromatic carbocycles. The van der Waals surface area contributed by atoms with Crippen molar-refractivity contribution >= 4 is 12.0 Å². The Hall–Kier alpha value is -1.26. The summed E-state index contributed by atoms with van der Waals surface area (Å²) in [4.78, 5) is 22.4. The molecular formula is C12H22N2O3. The number of carbonyl (C=O) groups excluding carboxylic acids is 1. The van der Waals surface area contributed by atoms with E-state index in [9.17, 15) is 9.59 Å². The van der Waals surface area contributed by atoms with Gasteiger partial charge in [-0.2, -0.15) is 0 Å². The van der Waals surface area contributed by atoms with E-state index >= 15 is 0 Å². The van der Waals surface area contributed by atoms with Crippen LogP contribution in [0.5, 0.6) is 0 Å². The first-order valence-electron chi connectivity index (χ1n) is 6.31. The SMILES string of the molecule is CCCC[C@H](NC(=O)NCC1CC1C)C(=O)O. The van der Waals surface area contributed by atoms with Gasteiger partial charge in [-0.15, -0.1) is 0 Å². The number of nitrogens with one attached hydrogen (secondary N) is 2. The van der Waals surface area contributed by atoms with Crippen LogP contribution in [0, 0.1) is 11.8 Å². The zero-order chi connectivity index (χ0) is 12.8. The third-order valence-electron chi connectivity index (χ3n) is 3.25. The topological polar surface area (TPSA) is 78.4 Å². The molecule has 2 unspecified atom stereocenters. The first kappa shape index (κ1) is 13.8. The summed E-state index contributed by atoms with van der Waals surface area (Å²) in [6.07, 6.45) is 3.36. The summed E-state index contributed by atoms with van der Waals surface area (Å²) in [7, 11) is 0. The maximum absolute atomic E-state index is 11.5. The van der Waals surface area contributed by atoms with E-state index < -0.39 is 12.0 Å². The second kappa shape index (κ2) is 6.47. The lowest BCUT2D eigenvalue weighted by Gasteiger charge is -2.14. The highest BCUT2D eigenvalue weighted by Crippen LogP contribution is 2.36. The van der Waals surface area contributed by atoms with Crippen molar-refractivity contribution in [3.63, 3.8) is 0 Å². The number of aliphatic carboxylic acids is 1. The van der Waals surface area contributed by atoms with Gasteiger partial charge in [-0.25, -0.2) is 9.59 Å². The van der Waals surface area contributed by atoms with E-state index in [1.165, 1.54) is 0 Å². The summed E-state index contributed by atoms with van der Waals surface area (Å²) in [6.45, 7) is 4.78. The predicted octanol–water partition coefficient (Wildman–Crippen LogP) is 1.58. The number of carbonyl (C=O) groups is 2. The van der Waals surface area contributed by atoms with Crippen molar-refractivity contribution in [2.75, 3.05) is 6.54 Å². The Kier molecular flexibility index (Phi) is 5.25.